The predicted molar refractivity (Wildman–Crippen MR) is 79.6 cm³/mol. The first-order valence-corrected chi connectivity index (χ1v) is 6.68. The number of carbonyl (C=O) groups is 1. The SMILES string of the molecule is Cn1cc(CC(=O)Cc2cccc3ccccc23)cn1. The van der Waals surface area contributed by atoms with Crippen LogP contribution in [0, 0.1) is 0 Å². The van der Waals surface area contributed by atoms with E-state index in [1.54, 1.807) is 10.9 Å². The molecule has 100 valence electrons. The van der Waals surface area contributed by atoms with Gasteiger partial charge in [-0.1, -0.05) is 42.5 Å². The number of Topliss-reactive ketones (excluding diaryl/α,β-unsaturated/α-hetero) is 1. The lowest BCUT2D eigenvalue weighted by Gasteiger charge is -2.05. The summed E-state index contributed by atoms with van der Waals surface area (Å²) in [6.07, 6.45) is 4.55. The van der Waals surface area contributed by atoms with Crippen molar-refractivity contribution < 1.29 is 4.79 Å². The number of aryl methyl sites for hydroxylation is 1. The second-order valence-corrected chi connectivity index (χ2v) is 5.05. The van der Waals surface area contributed by atoms with E-state index in [1.165, 1.54) is 5.39 Å². The highest BCUT2D eigenvalue weighted by atomic mass is 16.1. The monoisotopic (exact) mass is 264 g/mol. The fourth-order valence-electron chi connectivity index (χ4n) is 2.51. The van der Waals surface area contributed by atoms with E-state index >= 15 is 0 Å². The molecule has 0 unspecified atom stereocenters. The number of hydrogen-bond acceptors (Lipinski definition) is 2. The summed E-state index contributed by atoms with van der Waals surface area (Å²) in [5.41, 5.74) is 2.06. The smallest absolute Gasteiger partial charge is 0.141 e. The summed E-state index contributed by atoms with van der Waals surface area (Å²) in [7, 11) is 1.86. The van der Waals surface area contributed by atoms with Gasteiger partial charge in [-0.2, -0.15) is 5.10 Å². The summed E-state index contributed by atoms with van der Waals surface area (Å²) in [6, 6.07) is 14.3. The first-order valence-electron chi connectivity index (χ1n) is 6.68. The van der Waals surface area contributed by atoms with Gasteiger partial charge in [0.25, 0.3) is 0 Å². The van der Waals surface area contributed by atoms with Gasteiger partial charge < -0.3 is 0 Å². The number of carbonyl (C=O) groups excluding carboxylic acids is 1. The van der Waals surface area contributed by atoms with Crippen LogP contribution in [0.15, 0.2) is 54.9 Å². The Kier molecular flexibility index (Phi) is 3.33. The summed E-state index contributed by atoms with van der Waals surface area (Å²) >= 11 is 0. The number of benzene rings is 2. The van der Waals surface area contributed by atoms with Gasteiger partial charge in [0.15, 0.2) is 0 Å². The Bertz CT molecular complexity index is 753. The molecular weight excluding hydrogens is 248 g/mol. The maximum absolute atomic E-state index is 12.2. The number of hydrogen-bond donors (Lipinski definition) is 0. The van der Waals surface area contributed by atoms with Crippen molar-refractivity contribution in [1.29, 1.82) is 0 Å². The summed E-state index contributed by atoms with van der Waals surface area (Å²) in [6.45, 7) is 0. The molecule has 0 N–H and O–H groups in total. The van der Waals surface area contributed by atoms with Gasteiger partial charge in [0.1, 0.15) is 5.78 Å². The average molecular weight is 264 g/mol. The minimum absolute atomic E-state index is 0.217. The summed E-state index contributed by atoms with van der Waals surface area (Å²) in [4.78, 5) is 12.2. The van der Waals surface area contributed by atoms with Gasteiger partial charge in [-0.05, 0) is 21.9 Å². The Hall–Kier alpha value is -2.42. The molecule has 0 bridgehead atoms. The lowest BCUT2D eigenvalue weighted by atomic mass is 9.98. The molecule has 1 heterocycles. The Morgan fingerprint density at radius 1 is 1.10 bits per heavy atom. The molecule has 3 aromatic rings. The minimum atomic E-state index is 0.217. The zero-order valence-corrected chi connectivity index (χ0v) is 11.4. The van der Waals surface area contributed by atoms with Gasteiger partial charge in [0, 0.05) is 26.1 Å². The molecule has 3 heteroatoms. The fraction of sp³-hybridized carbons (Fsp3) is 0.176. The van der Waals surface area contributed by atoms with E-state index in [0.717, 1.165) is 16.5 Å². The topological polar surface area (TPSA) is 34.9 Å². The van der Waals surface area contributed by atoms with Crippen LogP contribution in [0.2, 0.25) is 0 Å². The molecule has 0 aliphatic rings. The van der Waals surface area contributed by atoms with Gasteiger partial charge in [0.05, 0.1) is 6.20 Å². The van der Waals surface area contributed by atoms with E-state index < -0.39 is 0 Å². The maximum atomic E-state index is 12.2. The normalized spacial score (nSPS) is 10.8. The van der Waals surface area contributed by atoms with Crippen LogP contribution in [0.25, 0.3) is 10.8 Å². The summed E-state index contributed by atoms with van der Waals surface area (Å²) in [5, 5.41) is 6.43. The van der Waals surface area contributed by atoms with Crippen LogP contribution in [0.4, 0.5) is 0 Å². The van der Waals surface area contributed by atoms with Crippen molar-refractivity contribution in [1.82, 2.24) is 9.78 Å². The Labute approximate surface area is 117 Å². The molecule has 0 aliphatic heterocycles. The predicted octanol–water partition coefficient (Wildman–Crippen LogP) is 2.93. The molecule has 0 aliphatic carbocycles. The quantitative estimate of drug-likeness (QED) is 0.726. The molecule has 0 atom stereocenters. The van der Waals surface area contributed by atoms with Gasteiger partial charge in [-0.15, -0.1) is 0 Å². The molecule has 0 saturated carbocycles. The average Bonchev–Trinajstić information content (AvgIpc) is 2.84. The van der Waals surface area contributed by atoms with Crippen molar-refractivity contribution >= 4 is 16.6 Å². The number of fused-ring (bicyclic) bond motifs is 1. The Morgan fingerprint density at radius 3 is 2.70 bits per heavy atom. The van der Waals surface area contributed by atoms with Crippen molar-refractivity contribution in [3.63, 3.8) is 0 Å². The second-order valence-electron chi connectivity index (χ2n) is 5.05. The zero-order valence-electron chi connectivity index (χ0n) is 11.4. The van der Waals surface area contributed by atoms with Gasteiger partial charge >= 0.3 is 0 Å². The third-order valence-corrected chi connectivity index (χ3v) is 3.43. The van der Waals surface area contributed by atoms with Crippen molar-refractivity contribution in [2.75, 3.05) is 0 Å². The van der Waals surface area contributed by atoms with E-state index in [1.807, 2.05) is 37.5 Å². The number of nitrogens with zero attached hydrogens (tertiary/aromatic N) is 2. The molecule has 3 rings (SSSR count). The van der Waals surface area contributed by atoms with Crippen LogP contribution in [0.3, 0.4) is 0 Å². The number of aromatic nitrogens is 2. The Morgan fingerprint density at radius 2 is 1.90 bits per heavy atom. The lowest BCUT2D eigenvalue weighted by Crippen LogP contribution is -2.06. The van der Waals surface area contributed by atoms with E-state index in [-0.39, 0.29) is 5.78 Å². The third kappa shape index (κ3) is 2.62. The second kappa shape index (κ2) is 5.29. The van der Waals surface area contributed by atoms with E-state index in [0.29, 0.717) is 12.8 Å². The van der Waals surface area contributed by atoms with Gasteiger partial charge in [0.2, 0.25) is 0 Å². The molecule has 0 saturated heterocycles. The van der Waals surface area contributed by atoms with Crippen molar-refractivity contribution in [3.8, 4) is 0 Å². The van der Waals surface area contributed by atoms with Gasteiger partial charge in [-0.25, -0.2) is 0 Å². The Balaban J connectivity index is 1.81. The molecule has 20 heavy (non-hydrogen) atoms. The number of rotatable bonds is 4. The first-order chi connectivity index (χ1) is 9.72. The van der Waals surface area contributed by atoms with Crippen molar-refractivity contribution in [2.24, 2.45) is 7.05 Å². The largest absolute Gasteiger partial charge is 0.299 e. The molecule has 3 nitrogen and oxygen atoms in total. The van der Waals surface area contributed by atoms with E-state index in [4.69, 9.17) is 0 Å². The molecule has 2 aromatic carbocycles. The zero-order chi connectivity index (χ0) is 13.9. The highest BCUT2D eigenvalue weighted by Gasteiger charge is 2.09. The third-order valence-electron chi connectivity index (χ3n) is 3.43. The molecular formula is C17H16N2O. The maximum Gasteiger partial charge on any atom is 0.141 e. The molecule has 0 spiro atoms. The summed E-state index contributed by atoms with van der Waals surface area (Å²) in [5.74, 6) is 0.217. The van der Waals surface area contributed by atoms with Crippen LogP contribution >= 0.6 is 0 Å². The van der Waals surface area contributed by atoms with E-state index in [2.05, 4.69) is 23.3 Å². The van der Waals surface area contributed by atoms with Gasteiger partial charge in [-0.3, -0.25) is 9.48 Å². The first kappa shape index (κ1) is 12.6. The fourth-order valence-corrected chi connectivity index (χ4v) is 2.51. The highest BCUT2D eigenvalue weighted by Crippen LogP contribution is 2.19. The molecule has 0 amide bonds. The van der Waals surface area contributed by atoms with Crippen LogP contribution in [0.5, 0.6) is 0 Å². The number of ketones is 1. The van der Waals surface area contributed by atoms with Crippen LogP contribution in [-0.4, -0.2) is 15.6 Å². The van der Waals surface area contributed by atoms with E-state index in [9.17, 15) is 4.79 Å². The molecule has 1 aromatic heterocycles. The van der Waals surface area contributed by atoms with Crippen LogP contribution in [-0.2, 0) is 24.7 Å². The van der Waals surface area contributed by atoms with Crippen LogP contribution in [0.1, 0.15) is 11.1 Å². The highest BCUT2D eigenvalue weighted by molar-refractivity contribution is 5.91. The molecule has 0 fully saturated rings. The molecule has 0 radical (unpaired) electrons. The van der Waals surface area contributed by atoms with Crippen molar-refractivity contribution in [2.45, 2.75) is 12.8 Å². The minimum Gasteiger partial charge on any atom is -0.299 e. The standard InChI is InChI=1S/C17H16N2O/c1-19-12-13(11-18-19)9-16(20)10-15-7-4-6-14-5-2-3-8-17(14)15/h2-8,11-12H,9-10H2,1H3. The lowest BCUT2D eigenvalue weighted by molar-refractivity contribution is -0.117. The van der Waals surface area contributed by atoms with Crippen LogP contribution < -0.4 is 0 Å². The summed E-state index contributed by atoms with van der Waals surface area (Å²) < 4.78 is 1.72. The van der Waals surface area contributed by atoms with Crippen molar-refractivity contribution in [3.05, 3.63) is 66.0 Å².